The molecule has 0 amide bonds. The Labute approximate surface area is 119 Å². The van der Waals surface area contributed by atoms with Gasteiger partial charge in [-0.25, -0.2) is 9.55 Å². The fraction of sp³-hybridized carbons (Fsp3) is 0.154. The van der Waals surface area contributed by atoms with E-state index in [-0.39, 0.29) is 29.3 Å². The molecule has 2 aromatic rings. The highest BCUT2D eigenvalue weighted by atomic mass is 35.5. The summed E-state index contributed by atoms with van der Waals surface area (Å²) >= 11 is 6.04. The van der Waals surface area contributed by atoms with Crippen molar-refractivity contribution < 1.29 is 5.11 Å². The smallest absolute Gasteiger partial charge is 0.268 e. The van der Waals surface area contributed by atoms with E-state index in [1.807, 2.05) is 0 Å². The molecular formula is C13H13ClN4O2. The zero-order valence-electron chi connectivity index (χ0n) is 10.5. The second-order valence-electron chi connectivity index (χ2n) is 4.03. The zero-order valence-corrected chi connectivity index (χ0v) is 11.3. The van der Waals surface area contributed by atoms with Gasteiger partial charge >= 0.3 is 0 Å². The molecule has 4 N–H and O–H groups in total. The SMILES string of the molecule is N=CC=C(N)n1c(CCO)nc2cccc(Cl)c2c1=O. The lowest BCUT2D eigenvalue weighted by Crippen LogP contribution is -2.28. The average molecular weight is 293 g/mol. The molecular weight excluding hydrogens is 280 g/mol. The lowest BCUT2D eigenvalue weighted by Gasteiger charge is -2.13. The van der Waals surface area contributed by atoms with Crippen molar-refractivity contribution in [1.82, 2.24) is 9.55 Å². The number of hydrogen-bond donors (Lipinski definition) is 3. The van der Waals surface area contributed by atoms with E-state index in [2.05, 4.69) is 4.98 Å². The number of aliphatic hydroxyl groups is 1. The zero-order chi connectivity index (χ0) is 14.7. The molecule has 2 rings (SSSR count). The molecule has 0 atom stereocenters. The number of rotatable bonds is 4. The lowest BCUT2D eigenvalue weighted by molar-refractivity contribution is 0.295. The molecule has 0 aliphatic rings. The molecule has 1 aromatic carbocycles. The molecule has 0 aliphatic heterocycles. The molecule has 1 heterocycles. The Morgan fingerprint density at radius 3 is 2.95 bits per heavy atom. The molecule has 0 saturated carbocycles. The van der Waals surface area contributed by atoms with Crippen molar-refractivity contribution in [2.75, 3.05) is 6.61 Å². The first kappa shape index (κ1) is 14.2. The first-order valence-corrected chi connectivity index (χ1v) is 6.25. The summed E-state index contributed by atoms with van der Waals surface area (Å²) in [4.78, 5) is 16.8. The minimum absolute atomic E-state index is 0.0581. The van der Waals surface area contributed by atoms with Crippen molar-refractivity contribution in [2.45, 2.75) is 6.42 Å². The Bertz CT molecular complexity index is 752. The highest BCUT2D eigenvalue weighted by Crippen LogP contribution is 2.19. The van der Waals surface area contributed by atoms with E-state index in [4.69, 9.17) is 27.9 Å². The molecule has 0 saturated heterocycles. The predicted octanol–water partition coefficient (Wildman–Crippen LogP) is 0.991. The van der Waals surface area contributed by atoms with Crippen LogP contribution in [-0.2, 0) is 6.42 Å². The molecule has 6 nitrogen and oxygen atoms in total. The van der Waals surface area contributed by atoms with Crippen LogP contribution in [0.4, 0.5) is 0 Å². The van der Waals surface area contributed by atoms with Crippen LogP contribution >= 0.6 is 11.6 Å². The van der Waals surface area contributed by atoms with Crippen LogP contribution in [0.25, 0.3) is 16.7 Å². The maximum absolute atomic E-state index is 12.5. The normalized spacial score (nSPS) is 11.8. The molecule has 7 heteroatoms. The summed E-state index contributed by atoms with van der Waals surface area (Å²) in [7, 11) is 0. The number of nitrogens with zero attached hydrogens (tertiary/aromatic N) is 2. The highest BCUT2D eigenvalue weighted by molar-refractivity contribution is 6.35. The summed E-state index contributed by atoms with van der Waals surface area (Å²) in [5.41, 5.74) is 5.82. The van der Waals surface area contributed by atoms with Crippen LogP contribution in [0.1, 0.15) is 5.82 Å². The number of aromatic nitrogens is 2. The van der Waals surface area contributed by atoms with Crippen LogP contribution in [0.15, 0.2) is 29.1 Å². The van der Waals surface area contributed by atoms with Crippen molar-refractivity contribution >= 4 is 34.5 Å². The summed E-state index contributed by atoms with van der Waals surface area (Å²) in [5.74, 6) is 0.380. The van der Waals surface area contributed by atoms with E-state index in [9.17, 15) is 4.79 Å². The first-order valence-electron chi connectivity index (χ1n) is 5.87. The van der Waals surface area contributed by atoms with Crippen LogP contribution < -0.4 is 11.3 Å². The molecule has 104 valence electrons. The van der Waals surface area contributed by atoms with Gasteiger partial charge in [-0.15, -0.1) is 0 Å². The number of allylic oxidation sites excluding steroid dienone is 1. The molecule has 0 bridgehead atoms. The van der Waals surface area contributed by atoms with Crippen molar-refractivity contribution in [3.05, 3.63) is 45.5 Å². The van der Waals surface area contributed by atoms with E-state index in [1.54, 1.807) is 18.2 Å². The van der Waals surface area contributed by atoms with E-state index < -0.39 is 5.56 Å². The van der Waals surface area contributed by atoms with Crippen molar-refractivity contribution in [1.29, 1.82) is 5.41 Å². The standard InChI is InChI=1S/C13H13ClN4O2/c14-8-2-1-3-9-12(8)13(20)18(10(16)4-6-15)11(17-9)5-7-19/h1-4,6,15,19H,5,7,16H2. The number of hydrogen-bond acceptors (Lipinski definition) is 5. The Morgan fingerprint density at radius 2 is 2.30 bits per heavy atom. The van der Waals surface area contributed by atoms with Gasteiger partial charge in [-0.05, 0) is 18.2 Å². The molecule has 20 heavy (non-hydrogen) atoms. The molecule has 0 fully saturated rings. The van der Waals surface area contributed by atoms with Crippen LogP contribution in [0.3, 0.4) is 0 Å². The Kier molecular flexibility index (Phi) is 4.16. The number of aliphatic hydroxyl groups excluding tert-OH is 1. The van der Waals surface area contributed by atoms with Crippen LogP contribution in [0, 0.1) is 5.41 Å². The third-order valence-electron chi connectivity index (χ3n) is 2.76. The summed E-state index contributed by atoms with van der Waals surface area (Å²) < 4.78 is 1.16. The topological polar surface area (TPSA) is 105 Å². The third kappa shape index (κ3) is 2.43. The maximum Gasteiger partial charge on any atom is 0.268 e. The quantitative estimate of drug-likeness (QED) is 0.731. The van der Waals surface area contributed by atoms with Crippen molar-refractivity contribution in [3.63, 3.8) is 0 Å². The minimum atomic E-state index is -0.417. The largest absolute Gasteiger partial charge is 0.396 e. The van der Waals surface area contributed by atoms with Gasteiger partial charge in [0.25, 0.3) is 5.56 Å². The van der Waals surface area contributed by atoms with Gasteiger partial charge in [0.05, 0.1) is 22.5 Å². The number of fused-ring (bicyclic) bond motifs is 1. The number of nitrogens with two attached hydrogens (primary N) is 1. The van der Waals surface area contributed by atoms with Crippen LogP contribution in [0.5, 0.6) is 0 Å². The molecule has 0 aliphatic carbocycles. The fourth-order valence-corrected chi connectivity index (χ4v) is 2.18. The molecule has 0 spiro atoms. The minimum Gasteiger partial charge on any atom is -0.396 e. The van der Waals surface area contributed by atoms with Gasteiger partial charge in [0.15, 0.2) is 0 Å². The summed E-state index contributed by atoms with van der Waals surface area (Å²) in [6.45, 7) is -0.170. The second kappa shape index (κ2) is 5.85. The Hall–Kier alpha value is -2.18. The van der Waals surface area contributed by atoms with Gasteiger partial charge in [-0.3, -0.25) is 4.79 Å². The number of nitrogens with one attached hydrogen (secondary N) is 1. The molecule has 1 aromatic heterocycles. The van der Waals surface area contributed by atoms with Crippen molar-refractivity contribution in [2.24, 2.45) is 5.73 Å². The summed E-state index contributed by atoms with van der Waals surface area (Å²) in [6, 6.07) is 4.96. The van der Waals surface area contributed by atoms with E-state index >= 15 is 0 Å². The highest BCUT2D eigenvalue weighted by Gasteiger charge is 2.14. The lowest BCUT2D eigenvalue weighted by atomic mass is 10.2. The second-order valence-corrected chi connectivity index (χ2v) is 4.44. The van der Waals surface area contributed by atoms with E-state index in [0.717, 1.165) is 10.8 Å². The predicted molar refractivity (Wildman–Crippen MR) is 79.0 cm³/mol. The monoisotopic (exact) mass is 292 g/mol. The van der Waals surface area contributed by atoms with Gasteiger partial charge in [0.1, 0.15) is 11.6 Å². The summed E-state index contributed by atoms with van der Waals surface area (Å²) in [5, 5.41) is 16.7. The average Bonchev–Trinajstić information content (AvgIpc) is 2.39. The van der Waals surface area contributed by atoms with Crippen LogP contribution in [-0.4, -0.2) is 27.5 Å². The molecule has 0 radical (unpaired) electrons. The van der Waals surface area contributed by atoms with Crippen molar-refractivity contribution in [3.8, 4) is 0 Å². The van der Waals surface area contributed by atoms with Gasteiger partial charge in [0.2, 0.25) is 0 Å². The first-order chi connectivity index (χ1) is 9.60. The van der Waals surface area contributed by atoms with Crippen LogP contribution in [0.2, 0.25) is 5.02 Å². The van der Waals surface area contributed by atoms with Gasteiger partial charge in [-0.1, -0.05) is 17.7 Å². The number of halogens is 1. The molecule has 0 unspecified atom stereocenters. The van der Waals surface area contributed by atoms with Gasteiger partial charge < -0.3 is 16.2 Å². The van der Waals surface area contributed by atoms with E-state index in [1.165, 1.54) is 6.08 Å². The summed E-state index contributed by atoms with van der Waals surface area (Å²) in [6.07, 6.45) is 2.41. The van der Waals surface area contributed by atoms with Gasteiger partial charge in [-0.2, -0.15) is 0 Å². The fourth-order valence-electron chi connectivity index (χ4n) is 1.93. The maximum atomic E-state index is 12.5. The Morgan fingerprint density at radius 1 is 1.55 bits per heavy atom. The third-order valence-corrected chi connectivity index (χ3v) is 3.08. The Balaban J connectivity index is 2.89. The van der Waals surface area contributed by atoms with Gasteiger partial charge in [0, 0.05) is 12.6 Å². The van der Waals surface area contributed by atoms with E-state index in [0.29, 0.717) is 11.3 Å². The number of benzene rings is 1.